The normalized spacial score (nSPS) is 14.7. The lowest BCUT2D eigenvalue weighted by Crippen LogP contribution is -2.35. The van der Waals surface area contributed by atoms with Crippen molar-refractivity contribution < 1.29 is 9.59 Å². The van der Waals surface area contributed by atoms with E-state index < -0.39 is 0 Å². The Bertz CT molecular complexity index is 719. The minimum Gasteiger partial charge on any atom is -0.355 e. The Balaban J connectivity index is 1.58. The molecule has 0 aliphatic heterocycles. The molecule has 1 fully saturated rings. The van der Waals surface area contributed by atoms with Gasteiger partial charge in [-0.25, -0.2) is 0 Å². The predicted octanol–water partition coefficient (Wildman–Crippen LogP) is 3.04. The van der Waals surface area contributed by atoms with E-state index >= 15 is 0 Å². The highest BCUT2D eigenvalue weighted by atomic mass is 16.2. The van der Waals surface area contributed by atoms with Gasteiger partial charge >= 0.3 is 0 Å². The lowest BCUT2D eigenvalue weighted by Gasteiger charge is -2.16. The van der Waals surface area contributed by atoms with Crippen LogP contribution in [0.25, 0.3) is 0 Å². The molecule has 2 aromatic carbocycles. The maximum Gasteiger partial charge on any atom is 0.230 e. The number of carbonyl (C=O) groups excluding carboxylic acids is 2. The molecule has 24 heavy (non-hydrogen) atoms. The summed E-state index contributed by atoms with van der Waals surface area (Å²) in [5.41, 5.74) is 2.62. The molecule has 2 aromatic rings. The van der Waals surface area contributed by atoms with Crippen molar-refractivity contribution in [1.29, 1.82) is 0 Å². The van der Waals surface area contributed by atoms with Gasteiger partial charge in [0.25, 0.3) is 0 Å². The van der Waals surface area contributed by atoms with Crippen LogP contribution in [-0.2, 0) is 21.4 Å². The van der Waals surface area contributed by atoms with Gasteiger partial charge in [0, 0.05) is 19.2 Å². The van der Waals surface area contributed by atoms with Crippen LogP contribution < -0.4 is 10.6 Å². The summed E-state index contributed by atoms with van der Waals surface area (Å²) in [4.78, 5) is 23.7. The molecule has 0 spiro atoms. The van der Waals surface area contributed by atoms with Crippen molar-refractivity contribution in [3.8, 4) is 0 Å². The van der Waals surface area contributed by atoms with Crippen LogP contribution in [0.4, 0.5) is 5.69 Å². The third-order valence-electron chi connectivity index (χ3n) is 4.48. The SMILES string of the molecule is CC(=O)Nc1ccc(C2(C(=O)NCCc3ccccc3)CC2)cc1. The minimum atomic E-state index is -0.383. The number of benzene rings is 2. The van der Waals surface area contributed by atoms with Gasteiger partial charge in [-0.2, -0.15) is 0 Å². The highest BCUT2D eigenvalue weighted by molar-refractivity contribution is 5.92. The van der Waals surface area contributed by atoms with Crippen molar-refractivity contribution >= 4 is 17.5 Å². The minimum absolute atomic E-state index is 0.0949. The van der Waals surface area contributed by atoms with Crippen molar-refractivity contribution in [1.82, 2.24) is 5.32 Å². The lowest BCUT2D eigenvalue weighted by atomic mass is 9.94. The van der Waals surface area contributed by atoms with Crippen molar-refractivity contribution in [3.05, 3.63) is 65.7 Å². The van der Waals surface area contributed by atoms with Crippen molar-refractivity contribution in [2.75, 3.05) is 11.9 Å². The summed E-state index contributed by atoms with van der Waals surface area (Å²) in [6.45, 7) is 2.13. The number of hydrogen-bond donors (Lipinski definition) is 2. The molecule has 0 unspecified atom stereocenters. The van der Waals surface area contributed by atoms with Gasteiger partial charge in [-0.1, -0.05) is 42.5 Å². The first-order valence-electron chi connectivity index (χ1n) is 8.30. The fourth-order valence-corrected chi connectivity index (χ4v) is 2.98. The van der Waals surface area contributed by atoms with E-state index in [1.807, 2.05) is 42.5 Å². The van der Waals surface area contributed by atoms with Gasteiger partial charge in [0.15, 0.2) is 0 Å². The van der Waals surface area contributed by atoms with Crippen LogP contribution in [-0.4, -0.2) is 18.4 Å². The van der Waals surface area contributed by atoms with Crippen LogP contribution in [0.2, 0.25) is 0 Å². The maximum absolute atomic E-state index is 12.6. The number of anilines is 1. The largest absolute Gasteiger partial charge is 0.355 e. The van der Waals surface area contributed by atoms with Crippen LogP contribution in [0, 0.1) is 0 Å². The van der Waals surface area contributed by atoms with E-state index in [-0.39, 0.29) is 17.2 Å². The van der Waals surface area contributed by atoms with Gasteiger partial charge in [0.1, 0.15) is 0 Å². The molecular weight excluding hydrogens is 300 g/mol. The van der Waals surface area contributed by atoms with Gasteiger partial charge in [-0.05, 0) is 42.5 Å². The van der Waals surface area contributed by atoms with E-state index in [0.29, 0.717) is 6.54 Å². The number of hydrogen-bond acceptors (Lipinski definition) is 2. The van der Waals surface area contributed by atoms with E-state index in [9.17, 15) is 9.59 Å². The van der Waals surface area contributed by atoms with E-state index in [1.54, 1.807) is 0 Å². The first-order valence-corrected chi connectivity index (χ1v) is 8.30. The second kappa shape index (κ2) is 6.87. The van der Waals surface area contributed by atoms with Crippen LogP contribution in [0.15, 0.2) is 54.6 Å². The van der Waals surface area contributed by atoms with E-state index in [2.05, 4.69) is 22.8 Å². The Hall–Kier alpha value is -2.62. The number of amides is 2. The van der Waals surface area contributed by atoms with E-state index in [0.717, 1.165) is 30.5 Å². The Kier molecular flexibility index (Phi) is 4.65. The Morgan fingerprint density at radius 3 is 2.25 bits per heavy atom. The molecule has 1 aliphatic carbocycles. The standard InChI is InChI=1S/C20H22N2O2/c1-15(23)22-18-9-7-17(8-10-18)20(12-13-20)19(24)21-14-11-16-5-3-2-4-6-16/h2-10H,11-14H2,1H3,(H,21,24)(H,22,23). The molecule has 2 amide bonds. The van der Waals surface area contributed by atoms with Gasteiger partial charge in [-0.15, -0.1) is 0 Å². The first kappa shape index (κ1) is 16.2. The van der Waals surface area contributed by atoms with Gasteiger partial charge in [0.2, 0.25) is 11.8 Å². The smallest absolute Gasteiger partial charge is 0.230 e. The molecule has 4 nitrogen and oxygen atoms in total. The fraction of sp³-hybridized carbons (Fsp3) is 0.300. The summed E-state index contributed by atoms with van der Waals surface area (Å²) < 4.78 is 0. The third-order valence-corrected chi connectivity index (χ3v) is 4.48. The van der Waals surface area contributed by atoms with Crippen molar-refractivity contribution in [2.24, 2.45) is 0 Å². The van der Waals surface area contributed by atoms with Crippen LogP contribution in [0.1, 0.15) is 30.9 Å². The summed E-state index contributed by atoms with van der Waals surface area (Å²) >= 11 is 0. The summed E-state index contributed by atoms with van der Waals surface area (Å²) in [5, 5.41) is 5.82. The molecule has 1 saturated carbocycles. The summed E-state index contributed by atoms with van der Waals surface area (Å²) in [6.07, 6.45) is 2.59. The summed E-state index contributed by atoms with van der Waals surface area (Å²) in [7, 11) is 0. The number of rotatable bonds is 6. The van der Waals surface area contributed by atoms with E-state index in [1.165, 1.54) is 12.5 Å². The first-order chi connectivity index (χ1) is 11.6. The molecular formula is C20H22N2O2. The zero-order valence-electron chi connectivity index (χ0n) is 13.8. The van der Waals surface area contributed by atoms with Crippen LogP contribution >= 0.6 is 0 Å². The molecule has 2 N–H and O–H groups in total. The zero-order chi connectivity index (χ0) is 17.0. The second-order valence-corrected chi connectivity index (χ2v) is 6.33. The van der Waals surface area contributed by atoms with Gasteiger partial charge in [-0.3, -0.25) is 9.59 Å². The van der Waals surface area contributed by atoms with Gasteiger partial charge in [0.05, 0.1) is 5.41 Å². The lowest BCUT2D eigenvalue weighted by molar-refractivity contribution is -0.123. The molecule has 0 aromatic heterocycles. The monoisotopic (exact) mass is 322 g/mol. The van der Waals surface area contributed by atoms with E-state index in [4.69, 9.17) is 0 Å². The highest BCUT2D eigenvalue weighted by Crippen LogP contribution is 2.48. The quantitative estimate of drug-likeness (QED) is 0.859. The Morgan fingerprint density at radius 1 is 1.00 bits per heavy atom. The third kappa shape index (κ3) is 3.65. The molecule has 0 bridgehead atoms. The molecule has 0 heterocycles. The number of carbonyl (C=O) groups is 2. The zero-order valence-corrected chi connectivity index (χ0v) is 13.8. The summed E-state index contributed by atoms with van der Waals surface area (Å²) in [5.74, 6) is 0.00764. The molecule has 124 valence electrons. The average molecular weight is 322 g/mol. The Labute approximate surface area is 142 Å². The Morgan fingerprint density at radius 2 is 1.67 bits per heavy atom. The van der Waals surface area contributed by atoms with Crippen molar-refractivity contribution in [3.63, 3.8) is 0 Å². The number of nitrogens with one attached hydrogen (secondary N) is 2. The molecule has 3 rings (SSSR count). The fourth-order valence-electron chi connectivity index (χ4n) is 2.98. The van der Waals surface area contributed by atoms with Crippen LogP contribution in [0.5, 0.6) is 0 Å². The molecule has 0 atom stereocenters. The predicted molar refractivity (Wildman–Crippen MR) is 94.8 cm³/mol. The summed E-state index contributed by atoms with van der Waals surface area (Å²) in [6, 6.07) is 17.7. The van der Waals surface area contributed by atoms with Crippen LogP contribution in [0.3, 0.4) is 0 Å². The molecule has 4 heteroatoms. The average Bonchev–Trinajstić information content (AvgIpc) is 3.38. The second-order valence-electron chi connectivity index (χ2n) is 6.33. The van der Waals surface area contributed by atoms with Crippen molar-refractivity contribution in [2.45, 2.75) is 31.6 Å². The molecule has 0 radical (unpaired) electrons. The topological polar surface area (TPSA) is 58.2 Å². The highest BCUT2D eigenvalue weighted by Gasteiger charge is 2.50. The maximum atomic E-state index is 12.6. The molecule has 0 saturated heterocycles. The van der Waals surface area contributed by atoms with Gasteiger partial charge < -0.3 is 10.6 Å². The molecule has 1 aliphatic rings.